The van der Waals surface area contributed by atoms with Gasteiger partial charge in [0.2, 0.25) is 5.91 Å². The molecule has 0 atom stereocenters. The van der Waals surface area contributed by atoms with Crippen molar-refractivity contribution in [2.75, 3.05) is 10.8 Å². The number of hydrogen-bond donors (Lipinski definition) is 1. The van der Waals surface area contributed by atoms with Crippen molar-refractivity contribution in [2.24, 2.45) is 0 Å². The van der Waals surface area contributed by atoms with Crippen LogP contribution in [0.25, 0.3) is 0 Å². The maximum absolute atomic E-state index is 13.4. The number of halogens is 1. The summed E-state index contributed by atoms with van der Waals surface area (Å²) in [7, 11) is -3.96. The Bertz CT molecular complexity index is 1190. The van der Waals surface area contributed by atoms with Gasteiger partial charge in [-0.1, -0.05) is 59.1 Å². The van der Waals surface area contributed by atoms with Gasteiger partial charge in [-0.3, -0.25) is 9.10 Å². The van der Waals surface area contributed by atoms with E-state index < -0.39 is 15.9 Å². The van der Waals surface area contributed by atoms with Crippen molar-refractivity contribution in [1.82, 2.24) is 5.32 Å². The number of nitrogens with zero attached hydrogens (tertiary/aromatic N) is 1. The molecule has 5 nitrogen and oxygen atoms in total. The molecule has 0 unspecified atom stereocenters. The summed E-state index contributed by atoms with van der Waals surface area (Å²) in [6.45, 7) is 5.60. The van der Waals surface area contributed by atoms with Gasteiger partial charge < -0.3 is 5.32 Å². The third kappa shape index (κ3) is 5.66. The lowest BCUT2D eigenvalue weighted by molar-refractivity contribution is -0.119. The van der Waals surface area contributed by atoms with Crippen molar-refractivity contribution < 1.29 is 13.2 Å². The first-order chi connectivity index (χ1) is 14.7. The largest absolute Gasteiger partial charge is 0.350 e. The van der Waals surface area contributed by atoms with Gasteiger partial charge in [-0.2, -0.15) is 0 Å². The second kappa shape index (κ2) is 9.54. The van der Waals surface area contributed by atoms with E-state index in [4.69, 9.17) is 11.6 Å². The lowest BCUT2D eigenvalue weighted by Crippen LogP contribution is -2.41. The van der Waals surface area contributed by atoms with Gasteiger partial charge in [-0.25, -0.2) is 8.42 Å². The molecule has 0 aliphatic heterocycles. The Morgan fingerprint density at radius 1 is 0.935 bits per heavy atom. The van der Waals surface area contributed by atoms with E-state index in [1.807, 2.05) is 38.1 Å². The van der Waals surface area contributed by atoms with E-state index >= 15 is 0 Å². The number of carbonyl (C=O) groups excluding carboxylic acids is 1. The van der Waals surface area contributed by atoms with Crippen molar-refractivity contribution in [3.05, 3.63) is 94.0 Å². The van der Waals surface area contributed by atoms with Crippen LogP contribution in [0.15, 0.2) is 71.6 Å². The average Bonchev–Trinajstić information content (AvgIpc) is 2.71. The molecule has 0 fully saturated rings. The molecule has 162 valence electrons. The minimum Gasteiger partial charge on any atom is -0.350 e. The second-order valence-corrected chi connectivity index (χ2v) is 9.82. The molecule has 0 aromatic heterocycles. The Hall–Kier alpha value is -2.83. The molecule has 1 amide bonds. The van der Waals surface area contributed by atoms with E-state index in [0.29, 0.717) is 22.8 Å². The van der Waals surface area contributed by atoms with Crippen molar-refractivity contribution in [2.45, 2.75) is 32.2 Å². The summed E-state index contributed by atoms with van der Waals surface area (Å²) in [5, 5.41) is 3.32. The molecule has 0 saturated carbocycles. The number of amides is 1. The molecule has 0 aliphatic carbocycles. The SMILES string of the molecule is Cc1ccc(S(=O)(=O)N(CC(=O)NCc2cccc(C)c2)c2ccc(Cl)cc2C)cc1. The number of rotatable bonds is 7. The molecule has 3 aromatic rings. The highest BCUT2D eigenvalue weighted by molar-refractivity contribution is 7.92. The number of hydrogen-bond acceptors (Lipinski definition) is 3. The summed E-state index contributed by atoms with van der Waals surface area (Å²) in [6, 6.07) is 19.3. The Balaban J connectivity index is 1.90. The summed E-state index contributed by atoms with van der Waals surface area (Å²) >= 11 is 6.06. The highest BCUT2D eigenvalue weighted by atomic mass is 35.5. The van der Waals surface area contributed by atoms with Crippen LogP contribution in [0.4, 0.5) is 5.69 Å². The smallest absolute Gasteiger partial charge is 0.264 e. The van der Waals surface area contributed by atoms with Gasteiger partial charge in [0.05, 0.1) is 10.6 Å². The highest BCUT2D eigenvalue weighted by Gasteiger charge is 2.28. The molecule has 3 rings (SSSR count). The second-order valence-electron chi connectivity index (χ2n) is 7.52. The van der Waals surface area contributed by atoms with E-state index in [1.165, 1.54) is 0 Å². The summed E-state index contributed by atoms with van der Waals surface area (Å²) in [4.78, 5) is 12.9. The monoisotopic (exact) mass is 456 g/mol. The topological polar surface area (TPSA) is 66.5 Å². The van der Waals surface area contributed by atoms with Crippen molar-refractivity contribution in [3.63, 3.8) is 0 Å². The number of sulfonamides is 1. The number of benzene rings is 3. The van der Waals surface area contributed by atoms with Crippen LogP contribution in [0, 0.1) is 20.8 Å². The fourth-order valence-electron chi connectivity index (χ4n) is 3.24. The van der Waals surface area contributed by atoms with Crippen molar-refractivity contribution in [1.29, 1.82) is 0 Å². The zero-order chi connectivity index (χ0) is 22.6. The molecule has 31 heavy (non-hydrogen) atoms. The average molecular weight is 457 g/mol. The Labute approximate surface area is 188 Å². The number of anilines is 1. The fraction of sp³-hybridized carbons (Fsp3) is 0.208. The Morgan fingerprint density at radius 3 is 2.29 bits per heavy atom. The first-order valence-electron chi connectivity index (χ1n) is 9.84. The first kappa shape index (κ1) is 22.8. The van der Waals surface area contributed by atoms with Crippen LogP contribution in [0.2, 0.25) is 5.02 Å². The molecule has 0 heterocycles. The van der Waals surface area contributed by atoms with Crippen LogP contribution in [0.5, 0.6) is 0 Å². The number of aryl methyl sites for hydroxylation is 3. The maximum Gasteiger partial charge on any atom is 0.264 e. The quantitative estimate of drug-likeness (QED) is 0.556. The molecular formula is C24H25ClN2O3S. The molecule has 7 heteroatoms. The molecule has 0 bridgehead atoms. The molecule has 0 spiro atoms. The van der Waals surface area contributed by atoms with Crippen LogP contribution < -0.4 is 9.62 Å². The van der Waals surface area contributed by atoms with Gasteiger partial charge in [0.1, 0.15) is 6.54 Å². The molecular weight excluding hydrogens is 432 g/mol. The first-order valence-corrected chi connectivity index (χ1v) is 11.7. The molecule has 1 N–H and O–H groups in total. The van der Waals surface area contributed by atoms with E-state index in [0.717, 1.165) is 21.0 Å². The van der Waals surface area contributed by atoms with E-state index in [2.05, 4.69) is 5.32 Å². The van der Waals surface area contributed by atoms with Crippen LogP contribution >= 0.6 is 11.6 Å². The maximum atomic E-state index is 13.4. The van der Waals surface area contributed by atoms with Crippen LogP contribution in [0.1, 0.15) is 22.3 Å². The summed E-state index contributed by atoms with van der Waals surface area (Å²) in [5.41, 5.74) is 4.06. The third-order valence-electron chi connectivity index (χ3n) is 4.90. The minimum atomic E-state index is -3.96. The van der Waals surface area contributed by atoms with Gasteiger partial charge in [-0.15, -0.1) is 0 Å². The van der Waals surface area contributed by atoms with Crippen LogP contribution in [-0.2, 0) is 21.4 Å². The molecule has 0 aliphatic rings. The van der Waals surface area contributed by atoms with Gasteiger partial charge >= 0.3 is 0 Å². The zero-order valence-corrected chi connectivity index (χ0v) is 19.3. The highest BCUT2D eigenvalue weighted by Crippen LogP contribution is 2.29. The Kier molecular flexibility index (Phi) is 7.03. The van der Waals surface area contributed by atoms with Gasteiger partial charge in [0, 0.05) is 11.6 Å². The standard InChI is InChI=1S/C24H25ClN2O3S/c1-17-7-10-22(11-8-17)31(29,30)27(23-12-9-21(25)14-19(23)3)16-24(28)26-15-20-6-4-5-18(2)13-20/h4-14H,15-16H2,1-3H3,(H,26,28). The van der Waals surface area contributed by atoms with Gasteiger partial charge in [0.25, 0.3) is 10.0 Å². The van der Waals surface area contributed by atoms with Crippen molar-refractivity contribution >= 4 is 33.2 Å². The number of carbonyl (C=O) groups is 1. The summed E-state index contributed by atoms with van der Waals surface area (Å²) < 4.78 is 28.0. The van der Waals surface area contributed by atoms with Gasteiger partial charge in [0.15, 0.2) is 0 Å². The lowest BCUT2D eigenvalue weighted by Gasteiger charge is -2.26. The normalized spacial score (nSPS) is 11.2. The van der Waals surface area contributed by atoms with Gasteiger partial charge in [-0.05, 0) is 62.2 Å². The van der Waals surface area contributed by atoms with Crippen molar-refractivity contribution in [3.8, 4) is 0 Å². The molecule has 0 saturated heterocycles. The molecule has 3 aromatic carbocycles. The third-order valence-corrected chi connectivity index (χ3v) is 6.90. The fourth-order valence-corrected chi connectivity index (χ4v) is 4.96. The Morgan fingerprint density at radius 2 is 1.65 bits per heavy atom. The zero-order valence-electron chi connectivity index (χ0n) is 17.7. The lowest BCUT2D eigenvalue weighted by atomic mass is 10.1. The molecule has 0 radical (unpaired) electrons. The minimum absolute atomic E-state index is 0.124. The van der Waals surface area contributed by atoms with Crippen LogP contribution in [0.3, 0.4) is 0 Å². The predicted octanol–water partition coefficient (Wildman–Crippen LogP) is 4.78. The summed E-state index contributed by atoms with van der Waals surface area (Å²) in [5.74, 6) is -0.397. The summed E-state index contributed by atoms with van der Waals surface area (Å²) in [6.07, 6.45) is 0. The van der Waals surface area contributed by atoms with Crippen LogP contribution in [-0.4, -0.2) is 20.9 Å². The predicted molar refractivity (Wildman–Crippen MR) is 125 cm³/mol. The number of nitrogens with one attached hydrogen (secondary N) is 1. The van der Waals surface area contributed by atoms with E-state index in [1.54, 1.807) is 49.4 Å². The van der Waals surface area contributed by atoms with E-state index in [-0.39, 0.29) is 11.4 Å². The van der Waals surface area contributed by atoms with E-state index in [9.17, 15) is 13.2 Å².